The number of nitrogens with one attached hydrogen (secondary N) is 2. The summed E-state index contributed by atoms with van der Waals surface area (Å²) in [6.07, 6.45) is 0. The first-order chi connectivity index (χ1) is 8.04. The molecule has 2 aromatic heterocycles. The van der Waals surface area contributed by atoms with Crippen molar-refractivity contribution in [3.63, 3.8) is 0 Å². The number of hydrogen-bond acceptors (Lipinski definition) is 5. The van der Waals surface area contributed by atoms with Crippen LogP contribution in [0.15, 0.2) is 6.07 Å². The molecule has 0 radical (unpaired) electrons. The molecule has 0 aromatic carbocycles. The number of rotatable bonds is 2. The van der Waals surface area contributed by atoms with Crippen molar-refractivity contribution in [2.24, 2.45) is 0 Å². The van der Waals surface area contributed by atoms with Crippen LogP contribution in [0.3, 0.4) is 0 Å². The Morgan fingerprint density at radius 1 is 1.35 bits per heavy atom. The molecule has 0 saturated heterocycles. The van der Waals surface area contributed by atoms with E-state index in [1.165, 1.54) is 0 Å². The number of H-pyrrole nitrogens is 1. The summed E-state index contributed by atoms with van der Waals surface area (Å²) in [5, 5.41) is 9.01. The molecule has 0 bridgehead atoms. The fourth-order valence-corrected chi connectivity index (χ4v) is 1.43. The summed E-state index contributed by atoms with van der Waals surface area (Å²) in [5.41, 5.74) is 0.659. The van der Waals surface area contributed by atoms with Crippen LogP contribution in [-0.4, -0.2) is 31.1 Å². The second-order valence-corrected chi connectivity index (χ2v) is 3.74. The molecule has 2 aromatic rings. The van der Waals surface area contributed by atoms with Gasteiger partial charge < -0.3 is 0 Å². The van der Waals surface area contributed by atoms with E-state index in [0.717, 1.165) is 0 Å². The van der Waals surface area contributed by atoms with Crippen molar-refractivity contribution in [1.29, 1.82) is 0 Å². The second-order valence-electron chi connectivity index (χ2n) is 3.35. The third-order valence-electron chi connectivity index (χ3n) is 1.85. The molecule has 0 aliphatic rings. The van der Waals surface area contributed by atoms with Gasteiger partial charge in [-0.2, -0.15) is 0 Å². The molecular formula is C9H9ClN6O. The van der Waals surface area contributed by atoms with E-state index in [1.54, 1.807) is 19.9 Å². The molecule has 8 heteroatoms. The molecule has 2 N–H and O–H groups in total. The van der Waals surface area contributed by atoms with Crippen LogP contribution in [0, 0.1) is 13.8 Å². The van der Waals surface area contributed by atoms with E-state index in [-0.39, 0.29) is 16.9 Å². The van der Waals surface area contributed by atoms with Gasteiger partial charge in [0.25, 0.3) is 5.91 Å². The number of amides is 1. The van der Waals surface area contributed by atoms with Crippen LogP contribution < -0.4 is 5.32 Å². The minimum atomic E-state index is -0.490. The minimum absolute atomic E-state index is 0.0312. The van der Waals surface area contributed by atoms with Gasteiger partial charge in [0.05, 0.1) is 0 Å². The van der Waals surface area contributed by atoms with Gasteiger partial charge in [-0.3, -0.25) is 15.2 Å². The Labute approximate surface area is 102 Å². The van der Waals surface area contributed by atoms with Crippen molar-refractivity contribution < 1.29 is 4.79 Å². The predicted molar refractivity (Wildman–Crippen MR) is 60.9 cm³/mol. The van der Waals surface area contributed by atoms with Crippen LogP contribution in [-0.2, 0) is 0 Å². The van der Waals surface area contributed by atoms with E-state index >= 15 is 0 Å². The smallest absolute Gasteiger partial charge is 0.288 e. The number of aromatic amines is 1. The van der Waals surface area contributed by atoms with Crippen LogP contribution in [0.4, 0.5) is 5.95 Å². The zero-order valence-corrected chi connectivity index (χ0v) is 9.91. The Bertz CT molecular complexity index is 546. The van der Waals surface area contributed by atoms with Gasteiger partial charge in [0.2, 0.25) is 11.8 Å². The molecule has 7 nitrogen and oxygen atoms in total. The highest BCUT2D eigenvalue weighted by atomic mass is 35.5. The van der Waals surface area contributed by atoms with E-state index in [0.29, 0.717) is 11.5 Å². The van der Waals surface area contributed by atoms with Crippen molar-refractivity contribution in [3.05, 3.63) is 28.6 Å². The van der Waals surface area contributed by atoms with Gasteiger partial charge in [0, 0.05) is 5.69 Å². The third kappa shape index (κ3) is 2.76. The summed E-state index contributed by atoms with van der Waals surface area (Å²) < 4.78 is 0. The number of carbonyl (C=O) groups is 1. The van der Waals surface area contributed by atoms with Gasteiger partial charge in [-0.25, -0.2) is 15.0 Å². The average Bonchev–Trinajstić information content (AvgIpc) is 2.63. The molecule has 0 unspecified atom stereocenters. The molecule has 17 heavy (non-hydrogen) atoms. The molecule has 2 rings (SSSR count). The maximum Gasteiger partial charge on any atom is 0.297 e. The molecule has 0 spiro atoms. The van der Waals surface area contributed by atoms with Crippen molar-refractivity contribution in [3.8, 4) is 0 Å². The molecule has 0 aliphatic heterocycles. The lowest BCUT2D eigenvalue weighted by molar-refractivity contribution is 0.101. The summed E-state index contributed by atoms with van der Waals surface area (Å²) in [7, 11) is 0. The number of nitrogens with zero attached hydrogens (tertiary/aromatic N) is 4. The number of aromatic nitrogens is 5. The Morgan fingerprint density at radius 3 is 2.71 bits per heavy atom. The van der Waals surface area contributed by atoms with Crippen molar-refractivity contribution in [2.75, 3.05) is 5.32 Å². The highest BCUT2D eigenvalue weighted by Crippen LogP contribution is 2.10. The lowest BCUT2D eigenvalue weighted by Crippen LogP contribution is -2.16. The summed E-state index contributed by atoms with van der Waals surface area (Å²) in [6.45, 7) is 3.45. The van der Waals surface area contributed by atoms with E-state index in [4.69, 9.17) is 11.6 Å². The first-order valence-corrected chi connectivity index (χ1v) is 5.14. The Hall–Kier alpha value is -2.02. The molecule has 1 amide bonds. The number of aryl methyl sites for hydroxylation is 2. The van der Waals surface area contributed by atoms with Crippen LogP contribution in [0.25, 0.3) is 0 Å². The molecule has 2 heterocycles. The topological polar surface area (TPSA) is 96.5 Å². The zero-order chi connectivity index (χ0) is 12.4. The predicted octanol–water partition coefficient (Wildman–Crippen LogP) is 1.12. The maximum absolute atomic E-state index is 11.7. The fourth-order valence-electron chi connectivity index (χ4n) is 1.19. The van der Waals surface area contributed by atoms with E-state index < -0.39 is 5.91 Å². The standard InChI is InChI=1S/C9H9ClN6O/c1-4-3-6(10)13-9(11-4)14-8(17)7-12-5(2)15-16-7/h3H,1-2H3,(H,12,15,16)(H,11,13,14,17). The third-order valence-corrected chi connectivity index (χ3v) is 2.04. The quantitative estimate of drug-likeness (QED) is 0.781. The van der Waals surface area contributed by atoms with Crippen molar-refractivity contribution in [1.82, 2.24) is 25.1 Å². The minimum Gasteiger partial charge on any atom is -0.288 e. The van der Waals surface area contributed by atoms with Crippen LogP contribution >= 0.6 is 11.6 Å². The van der Waals surface area contributed by atoms with Gasteiger partial charge in [0.15, 0.2) is 0 Å². The second kappa shape index (κ2) is 4.46. The number of carbonyl (C=O) groups excluding carboxylic acids is 1. The largest absolute Gasteiger partial charge is 0.297 e. The summed E-state index contributed by atoms with van der Waals surface area (Å²) >= 11 is 5.74. The van der Waals surface area contributed by atoms with Crippen LogP contribution in [0.2, 0.25) is 5.15 Å². The SMILES string of the molecule is Cc1cc(Cl)nc(NC(=O)c2n[nH]c(C)n2)n1. The van der Waals surface area contributed by atoms with Crippen molar-refractivity contribution in [2.45, 2.75) is 13.8 Å². The molecule has 0 saturated carbocycles. The lowest BCUT2D eigenvalue weighted by Gasteiger charge is -2.02. The number of halogens is 1. The van der Waals surface area contributed by atoms with E-state index in [1.807, 2.05) is 0 Å². The highest BCUT2D eigenvalue weighted by Gasteiger charge is 2.13. The summed E-state index contributed by atoms with van der Waals surface area (Å²) in [5.74, 6) is 0.223. The normalized spacial score (nSPS) is 10.3. The van der Waals surface area contributed by atoms with Crippen molar-refractivity contribution >= 4 is 23.5 Å². The first-order valence-electron chi connectivity index (χ1n) is 4.76. The molecule has 0 atom stereocenters. The molecule has 88 valence electrons. The molecule has 0 aliphatic carbocycles. The fraction of sp³-hybridized carbons (Fsp3) is 0.222. The van der Waals surface area contributed by atoms with Gasteiger partial charge >= 0.3 is 0 Å². The lowest BCUT2D eigenvalue weighted by atomic mass is 10.4. The maximum atomic E-state index is 11.7. The van der Waals surface area contributed by atoms with Crippen LogP contribution in [0.5, 0.6) is 0 Å². The van der Waals surface area contributed by atoms with Gasteiger partial charge in [-0.15, -0.1) is 5.10 Å². The number of hydrogen-bond donors (Lipinski definition) is 2. The average molecular weight is 253 g/mol. The Morgan fingerprint density at radius 2 is 2.12 bits per heavy atom. The Balaban J connectivity index is 2.18. The van der Waals surface area contributed by atoms with Crippen LogP contribution in [0.1, 0.15) is 22.1 Å². The van der Waals surface area contributed by atoms with E-state index in [9.17, 15) is 4.79 Å². The first kappa shape index (κ1) is 11.5. The highest BCUT2D eigenvalue weighted by molar-refractivity contribution is 6.29. The Kier molecular flexibility index (Phi) is 3.01. The summed E-state index contributed by atoms with van der Waals surface area (Å²) in [6, 6.07) is 1.59. The zero-order valence-electron chi connectivity index (χ0n) is 9.15. The summed E-state index contributed by atoms with van der Waals surface area (Å²) in [4.78, 5) is 23.4. The molecular weight excluding hydrogens is 244 g/mol. The monoisotopic (exact) mass is 252 g/mol. The van der Waals surface area contributed by atoms with E-state index in [2.05, 4.69) is 30.5 Å². The number of anilines is 1. The van der Waals surface area contributed by atoms with Gasteiger partial charge in [-0.05, 0) is 19.9 Å². The van der Waals surface area contributed by atoms with Gasteiger partial charge in [-0.1, -0.05) is 11.6 Å². The van der Waals surface area contributed by atoms with Gasteiger partial charge in [0.1, 0.15) is 11.0 Å². The molecule has 0 fully saturated rings.